The monoisotopic (exact) mass is 287 g/mol. The van der Waals surface area contributed by atoms with Crippen LogP contribution >= 0.6 is 11.6 Å². The summed E-state index contributed by atoms with van der Waals surface area (Å²) in [4.78, 5) is 0. The maximum absolute atomic E-state index is 6.31. The van der Waals surface area contributed by atoms with Gasteiger partial charge in [0.05, 0.1) is 6.04 Å². The van der Waals surface area contributed by atoms with E-state index in [-0.39, 0.29) is 6.04 Å². The molecule has 2 atom stereocenters. The molecule has 0 aliphatic rings. The van der Waals surface area contributed by atoms with Crippen molar-refractivity contribution in [1.82, 2.24) is 5.32 Å². The molecule has 2 aromatic carbocycles. The summed E-state index contributed by atoms with van der Waals surface area (Å²) in [7, 11) is 1.97. The number of hydrogen-bond donors (Lipinski definition) is 1. The third-order valence-corrected chi connectivity index (χ3v) is 4.30. The summed E-state index contributed by atoms with van der Waals surface area (Å²) in [6, 6.07) is 17.0. The molecule has 0 radical (unpaired) electrons. The third kappa shape index (κ3) is 3.23. The van der Waals surface area contributed by atoms with E-state index in [0.717, 1.165) is 10.6 Å². The number of halogens is 1. The molecule has 2 aromatic rings. The summed E-state index contributed by atoms with van der Waals surface area (Å²) < 4.78 is 0. The van der Waals surface area contributed by atoms with Crippen LogP contribution in [0.2, 0.25) is 5.02 Å². The van der Waals surface area contributed by atoms with Crippen molar-refractivity contribution < 1.29 is 0 Å². The zero-order valence-electron chi connectivity index (χ0n) is 12.4. The highest BCUT2D eigenvalue weighted by atomic mass is 35.5. The van der Waals surface area contributed by atoms with Crippen molar-refractivity contribution in [2.24, 2.45) is 0 Å². The molecule has 20 heavy (non-hydrogen) atoms. The highest BCUT2D eigenvalue weighted by molar-refractivity contribution is 6.31. The normalized spacial score (nSPS) is 14.0. The molecule has 2 heteroatoms. The Labute approximate surface area is 127 Å². The van der Waals surface area contributed by atoms with Crippen molar-refractivity contribution in [2.75, 3.05) is 7.05 Å². The number of rotatable bonds is 5. The van der Waals surface area contributed by atoms with Gasteiger partial charge in [0.15, 0.2) is 0 Å². The second-order valence-electron chi connectivity index (χ2n) is 5.22. The predicted octanol–water partition coefficient (Wildman–Crippen LogP) is 5.16. The van der Waals surface area contributed by atoms with Crippen LogP contribution < -0.4 is 5.32 Å². The fourth-order valence-electron chi connectivity index (χ4n) is 2.46. The van der Waals surface area contributed by atoms with Gasteiger partial charge in [-0.15, -0.1) is 0 Å². The fourth-order valence-corrected chi connectivity index (χ4v) is 2.71. The van der Waals surface area contributed by atoms with Crippen LogP contribution in [0.4, 0.5) is 0 Å². The van der Waals surface area contributed by atoms with Crippen molar-refractivity contribution in [2.45, 2.75) is 32.2 Å². The lowest BCUT2D eigenvalue weighted by Gasteiger charge is -2.19. The lowest BCUT2D eigenvalue weighted by atomic mass is 9.94. The molecule has 0 fully saturated rings. The zero-order valence-corrected chi connectivity index (χ0v) is 13.1. The Morgan fingerprint density at radius 2 is 1.60 bits per heavy atom. The SMILES string of the molecule is CCC(C)c1ccc(C(NC)c2ccccc2Cl)cc1. The molecule has 0 saturated carbocycles. The molecule has 0 aliphatic heterocycles. The Bertz CT molecular complexity index is 548. The molecule has 0 heterocycles. The third-order valence-electron chi connectivity index (χ3n) is 3.96. The highest BCUT2D eigenvalue weighted by Gasteiger charge is 2.15. The molecule has 2 unspecified atom stereocenters. The van der Waals surface area contributed by atoms with Crippen LogP contribution in [-0.2, 0) is 0 Å². The topological polar surface area (TPSA) is 12.0 Å². The molecule has 0 bridgehead atoms. The number of benzene rings is 2. The Balaban J connectivity index is 2.31. The van der Waals surface area contributed by atoms with Gasteiger partial charge in [-0.3, -0.25) is 0 Å². The van der Waals surface area contributed by atoms with Crippen molar-refractivity contribution in [3.05, 3.63) is 70.2 Å². The first-order chi connectivity index (χ1) is 9.67. The number of nitrogens with one attached hydrogen (secondary N) is 1. The van der Waals surface area contributed by atoms with Gasteiger partial charge < -0.3 is 5.32 Å². The highest BCUT2D eigenvalue weighted by Crippen LogP contribution is 2.29. The van der Waals surface area contributed by atoms with E-state index >= 15 is 0 Å². The van der Waals surface area contributed by atoms with Gasteiger partial charge in [0, 0.05) is 5.02 Å². The average molecular weight is 288 g/mol. The molecule has 1 nitrogen and oxygen atoms in total. The first-order valence-electron chi connectivity index (χ1n) is 7.19. The average Bonchev–Trinajstić information content (AvgIpc) is 2.50. The number of hydrogen-bond acceptors (Lipinski definition) is 1. The second kappa shape index (κ2) is 6.92. The van der Waals surface area contributed by atoms with Gasteiger partial charge in [0.1, 0.15) is 0 Å². The quantitative estimate of drug-likeness (QED) is 0.801. The minimum atomic E-state index is 0.134. The van der Waals surface area contributed by atoms with E-state index in [1.165, 1.54) is 17.5 Å². The lowest BCUT2D eigenvalue weighted by molar-refractivity contribution is 0.688. The molecular weight excluding hydrogens is 266 g/mol. The molecule has 0 aromatic heterocycles. The summed E-state index contributed by atoms with van der Waals surface area (Å²) in [5, 5.41) is 4.16. The van der Waals surface area contributed by atoms with E-state index in [1.54, 1.807) is 0 Å². The first kappa shape index (κ1) is 15.1. The molecule has 106 valence electrons. The largest absolute Gasteiger partial charge is 0.309 e. The minimum Gasteiger partial charge on any atom is -0.309 e. The van der Waals surface area contributed by atoms with Crippen molar-refractivity contribution in [1.29, 1.82) is 0 Å². The molecule has 0 aliphatic carbocycles. The fraction of sp³-hybridized carbons (Fsp3) is 0.333. The van der Waals surface area contributed by atoms with Gasteiger partial charge in [0.25, 0.3) is 0 Å². The van der Waals surface area contributed by atoms with E-state index < -0.39 is 0 Å². The Hall–Kier alpha value is -1.31. The smallest absolute Gasteiger partial charge is 0.0589 e. The molecule has 1 N–H and O–H groups in total. The van der Waals surface area contributed by atoms with Crippen LogP contribution in [0.1, 0.15) is 48.9 Å². The van der Waals surface area contributed by atoms with Gasteiger partial charge in [-0.2, -0.15) is 0 Å². The Morgan fingerprint density at radius 3 is 2.15 bits per heavy atom. The predicted molar refractivity (Wildman–Crippen MR) is 87.5 cm³/mol. The molecule has 0 amide bonds. The van der Waals surface area contributed by atoms with E-state index in [4.69, 9.17) is 11.6 Å². The molecule has 0 saturated heterocycles. The van der Waals surface area contributed by atoms with E-state index in [9.17, 15) is 0 Å². The first-order valence-corrected chi connectivity index (χ1v) is 7.56. The summed E-state index contributed by atoms with van der Waals surface area (Å²) >= 11 is 6.31. The van der Waals surface area contributed by atoms with Gasteiger partial charge in [-0.25, -0.2) is 0 Å². The van der Waals surface area contributed by atoms with Gasteiger partial charge in [0.2, 0.25) is 0 Å². The zero-order chi connectivity index (χ0) is 14.5. The minimum absolute atomic E-state index is 0.134. The Kier molecular flexibility index (Phi) is 5.22. The Morgan fingerprint density at radius 1 is 1.00 bits per heavy atom. The van der Waals surface area contributed by atoms with Gasteiger partial charge in [-0.1, -0.05) is 67.9 Å². The van der Waals surface area contributed by atoms with Crippen molar-refractivity contribution >= 4 is 11.6 Å². The standard InChI is InChI=1S/C18H22ClN/c1-4-13(2)14-9-11-15(12-10-14)18(20-3)16-7-5-6-8-17(16)19/h5-13,18,20H,4H2,1-3H3. The summed E-state index contributed by atoms with van der Waals surface area (Å²) in [6.45, 7) is 4.48. The van der Waals surface area contributed by atoms with Crippen LogP contribution in [0.15, 0.2) is 48.5 Å². The molecule has 0 spiro atoms. The second-order valence-corrected chi connectivity index (χ2v) is 5.63. The summed E-state index contributed by atoms with van der Waals surface area (Å²) in [5.41, 5.74) is 3.76. The van der Waals surface area contributed by atoms with Gasteiger partial charge >= 0.3 is 0 Å². The molecular formula is C18H22ClN. The van der Waals surface area contributed by atoms with E-state index in [1.807, 2.05) is 25.2 Å². The lowest BCUT2D eigenvalue weighted by Crippen LogP contribution is -2.18. The van der Waals surface area contributed by atoms with Crippen LogP contribution in [0.3, 0.4) is 0 Å². The van der Waals surface area contributed by atoms with E-state index in [0.29, 0.717) is 5.92 Å². The van der Waals surface area contributed by atoms with Gasteiger partial charge in [-0.05, 0) is 42.1 Å². The molecule has 2 rings (SSSR count). The van der Waals surface area contributed by atoms with Crippen LogP contribution in [0.5, 0.6) is 0 Å². The van der Waals surface area contributed by atoms with Crippen molar-refractivity contribution in [3.63, 3.8) is 0 Å². The summed E-state index contributed by atoms with van der Waals surface area (Å²) in [5.74, 6) is 0.609. The van der Waals surface area contributed by atoms with Crippen molar-refractivity contribution in [3.8, 4) is 0 Å². The van der Waals surface area contributed by atoms with Crippen LogP contribution in [0.25, 0.3) is 0 Å². The maximum Gasteiger partial charge on any atom is 0.0589 e. The van der Waals surface area contributed by atoms with E-state index in [2.05, 4.69) is 49.5 Å². The van der Waals surface area contributed by atoms with Crippen LogP contribution in [-0.4, -0.2) is 7.05 Å². The maximum atomic E-state index is 6.31. The van der Waals surface area contributed by atoms with Crippen LogP contribution in [0, 0.1) is 0 Å². The summed E-state index contributed by atoms with van der Waals surface area (Å²) in [6.07, 6.45) is 1.17.